The van der Waals surface area contributed by atoms with Crippen LogP contribution in [0.3, 0.4) is 0 Å². The van der Waals surface area contributed by atoms with Crippen LogP contribution >= 0.6 is 0 Å². The first-order valence-electron chi connectivity index (χ1n) is 6.76. The van der Waals surface area contributed by atoms with E-state index in [9.17, 15) is 0 Å². The lowest BCUT2D eigenvalue weighted by Crippen LogP contribution is -2.57. The molecule has 0 bridgehead atoms. The summed E-state index contributed by atoms with van der Waals surface area (Å²) >= 11 is 0. The second-order valence-corrected chi connectivity index (χ2v) is 5.07. The number of nitrogens with one attached hydrogen (secondary N) is 1. The number of pyridine rings is 1. The number of rotatable bonds is 3. The van der Waals surface area contributed by atoms with Crippen molar-refractivity contribution in [2.45, 2.75) is 6.04 Å². The average Bonchev–Trinajstić information content (AvgIpc) is 2.95. The second kappa shape index (κ2) is 4.52. The summed E-state index contributed by atoms with van der Waals surface area (Å²) in [6.07, 6.45) is 3.35. The molecule has 0 aliphatic carbocycles. The van der Waals surface area contributed by atoms with E-state index in [1.54, 1.807) is 19.6 Å². The Hall–Kier alpha value is -2.48. The van der Waals surface area contributed by atoms with Gasteiger partial charge in [0.25, 0.3) is 0 Å². The number of fused-ring (bicyclic) bond motifs is 3. The topological polar surface area (TPSA) is 80.5 Å². The fraction of sp³-hybridized carbons (Fsp3) is 0.385. The monoisotopic (exact) mass is 285 g/mol. The molecule has 1 fully saturated rings. The van der Waals surface area contributed by atoms with Crippen LogP contribution in [-0.4, -0.2) is 57.9 Å². The summed E-state index contributed by atoms with van der Waals surface area (Å²) in [4.78, 5) is 11.2. The zero-order valence-electron chi connectivity index (χ0n) is 11.8. The quantitative estimate of drug-likeness (QED) is 0.730. The standard InChI is InChI=1S/C13H15N7O/c1-14-8-5-19(6-8)12-13-18-16-7-20(13)10-3-9(21-2)4-15-11(10)17-12/h3-4,7-8,14H,5-6H2,1-2H3. The van der Waals surface area contributed by atoms with Gasteiger partial charge in [-0.3, -0.25) is 4.40 Å². The maximum atomic E-state index is 5.22. The highest BCUT2D eigenvalue weighted by molar-refractivity contribution is 5.81. The molecule has 0 radical (unpaired) electrons. The van der Waals surface area contributed by atoms with Crippen LogP contribution in [0.25, 0.3) is 16.8 Å². The van der Waals surface area contributed by atoms with Crippen LogP contribution in [0.2, 0.25) is 0 Å². The van der Waals surface area contributed by atoms with Crippen molar-refractivity contribution in [1.82, 2.24) is 29.9 Å². The number of likely N-dealkylation sites (N-methyl/N-ethyl adjacent to an activating group) is 1. The van der Waals surface area contributed by atoms with Gasteiger partial charge < -0.3 is 15.0 Å². The Kier molecular flexibility index (Phi) is 2.64. The average molecular weight is 285 g/mol. The number of ether oxygens (including phenoxy) is 1. The molecule has 1 aliphatic heterocycles. The molecule has 1 saturated heterocycles. The third-order valence-electron chi connectivity index (χ3n) is 3.87. The second-order valence-electron chi connectivity index (χ2n) is 5.07. The molecule has 0 saturated carbocycles. The lowest BCUT2D eigenvalue weighted by molar-refractivity contribution is 0.413. The summed E-state index contributed by atoms with van der Waals surface area (Å²) in [6.45, 7) is 1.82. The Balaban J connectivity index is 1.89. The molecule has 0 unspecified atom stereocenters. The van der Waals surface area contributed by atoms with Gasteiger partial charge in [0.15, 0.2) is 11.5 Å². The van der Waals surface area contributed by atoms with E-state index in [0.717, 1.165) is 30.1 Å². The normalized spacial score (nSPS) is 15.6. The SMILES string of the molecule is CNC1CN(c2nc3ncc(OC)cc3n3cnnc23)C1. The van der Waals surface area contributed by atoms with Gasteiger partial charge in [0, 0.05) is 25.2 Å². The highest BCUT2D eigenvalue weighted by atomic mass is 16.5. The minimum atomic E-state index is 0.495. The molecule has 21 heavy (non-hydrogen) atoms. The maximum absolute atomic E-state index is 5.22. The van der Waals surface area contributed by atoms with Gasteiger partial charge in [0.1, 0.15) is 12.1 Å². The summed E-state index contributed by atoms with van der Waals surface area (Å²) in [5, 5.41) is 11.5. The molecule has 8 nitrogen and oxygen atoms in total. The Bertz CT molecular complexity index is 809. The van der Waals surface area contributed by atoms with Crippen LogP contribution in [0.15, 0.2) is 18.6 Å². The van der Waals surface area contributed by atoms with E-state index in [4.69, 9.17) is 4.74 Å². The van der Waals surface area contributed by atoms with E-state index in [2.05, 4.69) is 30.4 Å². The van der Waals surface area contributed by atoms with E-state index in [1.807, 2.05) is 17.5 Å². The highest BCUT2D eigenvalue weighted by Gasteiger charge is 2.29. The van der Waals surface area contributed by atoms with Crippen molar-refractivity contribution in [3.63, 3.8) is 0 Å². The minimum absolute atomic E-state index is 0.495. The summed E-state index contributed by atoms with van der Waals surface area (Å²) in [5.41, 5.74) is 2.24. The number of hydrogen-bond donors (Lipinski definition) is 1. The third kappa shape index (κ3) is 1.79. The molecular formula is C13H15N7O. The highest BCUT2D eigenvalue weighted by Crippen LogP contribution is 2.27. The van der Waals surface area contributed by atoms with Crippen LogP contribution in [0, 0.1) is 0 Å². The van der Waals surface area contributed by atoms with Gasteiger partial charge in [-0.25, -0.2) is 9.97 Å². The predicted molar refractivity (Wildman–Crippen MR) is 77.7 cm³/mol. The van der Waals surface area contributed by atoms with Crippen molar-refractivity contribution in [1.29, 1.82) is 0 Å². The van der Waals surface area contributed by atoms with Gasteiger partial charge in [0.2, 0.25) is 5.65 Å². The smallest absolute Gasteiger partial charge is 0.204 e. The lowest BCUT2D eigenvalue weighted by Gasteiger charge is -2.39. The van der Waals surface area contributed by atoms with Crippen molar-refractivity contribution in [2.75, 3.05) is 32.1 Å². The minimum Gasteiger partial charge on any atom is -0.495 e. The van der Waals surface area contributed by atoms with Crippen molar-refractivity contribution >= 4 is 22.6 Å². The molecule has 8 heteroatoms. The Labute approximate surface area is 120 Å². The number of hydrogen-bond acceptors (Lipinski definition) is 7. The van der Waals surface area contributed by atoms with Gasteiger partial charge in [-0.1, -0.05) is 0 Å². The molecule has 0 aromatic carbocycles. The van der Waals surface area contributed by atoms with Gasteiger partial charge in [0.05, 0.1) is 18.8 Å². The maximum Gasteiger partial charge on any atom is 0.204 e. The van der Waals surface area contributed by atoms with Crippen LogP contribution in [0.5, 0.6) is 5.75 Å². The van der Waals surface area contributed by atoms with E-state index >= 15 is 0 Å². The summed E-state index contributed by atoms with van der Waals surface area (Å²) in [5.74, 6) is 1.51. The number of nitrogens with zero attached hydrogens (tertiary/aromatic N) is 6. The molecule has 4 heterocycles. The first-order chi connectivity index (χ1) is 10.3. The molecule has 4 rings (SSSR count). The fourth-order valence-electron chi connectivity index (χ4n) is 2.56. The van der Waals surface area contributed by atoms with Crippen LogP contribution in [0.4, 0.5) is 5.82 Å². The van der Waals surface area contributed by atoms with E-state index in [0.29, 0.717) is 17.4 Å². The Morgan fingerprint density at radius 1 is 1.38 bits per heavy atom. The zero-order chi connectivity index (χ0) is 14.4. The van der Waals surface area contributed by atoms with Crippen molar-refractivity contribution in [2.24, 2.45) is 0 Å². The molecule has 0 spiro atoms. The molecule has 3 aromatic heterocycles. The Morgan fingerprint density at radius 3 is 3.00 bits per heavy atom. The van der Waals surface area contributed by atoms with Gasteiger partial charge in [-0.15, -0.1) is 10.2 Å². The summed E-state index contributed by atoms with van der Waals surface area (Å²) in [7, 11) is 3.59. The predicted octanol–water partition coefficient (Wildman–Crippen LogP) is 0.0891. The molecule has 1 aliphatic rings. The fourth-order valence-corrected chi connectivity index (χ4v) is 2.56. The molecule has 0 atom stereocenters. The van der Waals surface area contributed by atoms with Crippen molar-refractivity contribution in [3.8, 4) is 5.75 Å². The van der Waals surface area contributed by atoms with Gasteiger partial charge in [-0.2, -0.15) is 0 Å². The first-order valence-corrected chi connectivity index (χ1v) is 6.76. The molecule has 1 N–H and O–H groups in total. The van der Waals surface area contributed by atoms with Crippen molar-refractivity contribution in [3.05, 3.63) is 18.6 Å². The number of aromatic nitrogens is 5. The molecular weight excluding hydrogens is 270 g/mol. The first kappa shape index (κ1) is 12.3. The number of methoxy groups -OCH3 is 1. The molecule has 3 aromatic rings. The number of anilines is 1. The van der Waals surface area contributed by atoms with Crippen LogP contribution in [0.1, 0.15) is 0 Å². The summed E-state index contributed by atoms with van der Waals surface area (Å²) in [6, 6.07) is 2.39. The van der Waals surface area contributed by atoms with Crippen LogP contribution < -0.4 is 15.0 Å². The van der Waals surface area contributed by atoms with E-state index < -0.39 is 0 Å². The van der Waals surface area contributed by atoms with Gasteiger partial charge >= 0.3 is 0 Å². The third-order valence-corrected chi connectivity index (χ3v) is 3.87. The zero-order valence-corrected chi connectivity index (χ0v) is 11.8. The van der Waals surface area contributed by atoms with Gasteiger partial charge in [-0.05, 0) is 7.05 Å². The lowest BCUT2D eigenvalue weighted by atomic mass is 10.1. The van der Waals surface area contributed by atoms with E-state index in [-0.39, 0.29) is 0 Å². The molecule has 0 amide bonds. The van der Waals surface area contributed by atoms with Crippen molar-refractivity contribution < 1.29 is 4.74 Å². The molecule has 108 valence electrons. The Morgan fingerprint density at radius 2 is 2.24 bits per heavy atom. The summed E-state index contributed by atoms with van der Waals surface area (Å²) < 4.78 is 7.13. The largest absolute Gasteiger partial charge is 0.495 e. The van der Waals surface area contributed by atoms with E-state index in [1.165, 1.54) is 0 Å². The van der Waals surface area contributed by atoms with Crippen LogP contribution in [-0.2, 0) is 0 Å².